The van der Waals surface area contributed by atoms with Crippen molar-refractivity contribution in [1.82, 2.24) is 9.13 Å². The molecule has 0 fully saturated rings. The van der Waals surface area contributed by atoms with Gasteiger partial charge in [-0.1, -0.05) is 84.9 Å². The zero-order valence-electron chi connectivity index (χ0n) is 25.8. The quantitative estimate of drug-likeness (QED) is 0.199. The smallest absolute Gasteiger partial charge is 0.0991 e. The summed E-state index contributed by atoms with van der Waals surface area (Å²) >= 11 is 0. The molecule has 0 amide bonds. The van der Waals surface area contributed by atoms with Gasteiger partial charge in [0, 0.05) is 32.8 Å². The van der Waals surface area contributed by atoms with Gasteiger partial charge >= 0.3 is 0 Å². The van der Waals surface area contributed by atoms with Crippen LogP contribution in [-0.4, -0.2) is 9.13 Å². The Hall–Kier alpha value is -6.88. The highest BCUT2D eigenvalue weighted by Gasteiger charge is 2.17. The lowest BCUT2D eigenvalue weighted by molar-refractivity contribution is 1.18. The zero-order valence-corrected chi connectivity index (χ0v) is 25.8. The molecule has 9 aromatic rings. The minimum absolute atomic E-state index is 0.623. The van der Waals surface area contributed by atoms with E-state index in [9.17, 15) is 10.5 Å². The molecule has 48 heavy (non-hydrogen) atoms. The summed E-state index contributed by atoms with van der Waals surface area (Å²) < 4.78 is 4.57. The number of para-hydroxylation sites is 3. The van der Waals surface area contributed by atoms with E-state index in [0.717, 1.165) is 66.5 Å². The van der Waals surface area contributed by atoms with Crippen molar-refractivity contribution in [1.29, 1.82) is 10.5 Å². The van der Waals surface area contributed by atoms with Crippen molar-refractivity contribution >= 4 is 43.6 Å². The number of aromatic nitrogens is 2. The number of hydrogen-bond donors (Lipinski definition) is 0. The van der Waals surface area contributed by atoms with E-state index in [-0.39, 0.29) is 0 Å². The second-order valence-electron chi connectivity index (χ2n) is 12.0. The van der Waals surface area contributed by atoms with Crippen molar-refractivity contribution in [2.24, 2.45) is 0 Å². The van der Waals surface area contributed by atoms with Crippen LogP contribution in [0, 0.1) is 22.7 Å². The Morgan fingerprint density at radius 2 is 0.917 bits per heavy atom. The number of benzene rings is 7. The first-order valence-electron chi connectivity index (χ1n) is 15.9. The predicted octanol–water partition coefficient (Wildman–Crippen LogP) is 11.0. The third kappa shape index (κ3) is 4.22. The summed E-state index contributed by atoms with van der Waals surface area (Å²) in [5.74, 6) is 0. The number of fused-ring (bicyclic) bond motifs is 6. The van der Waals surface area contributed by atoms with Crippen LogP contribution in [0.25, 0.3) is 77.2 Å². The number of hydrogen-bond acceptors (Lipinski definition) is 2. The number of rotatable bonds is 4. The first kappa shape index (κ1) is 27.4. The molecule has 0 saturated heterocycles. The molecule has 2 heterocycles. The fourth-order valence-corrected chi connectivity index (χ4v) is 7.20. The molecule has 4 heteroatoms. The molecular formula is C44H26N4. The maximum Gasteiger partial charge on any atom is 0.0991 e. The lowest BCUT2D eigenvalue weighted by Crippen LogP contribution is -1.98. The van der Waals surface area contributed by atoms with Gasteiger partial charge in [0.15, 0.2) is 0 Å². The van der Waals surface area contributed by atoms with Crippen LogP contribution in [0.4, 0.5) is 0 Å². The Kier molecular flexibility index (Phi) is 6.22. The fourth-order valence-electron chi connectivity index (χ4n) is 7.20. The Morgan fingerprint density at radius 3 is 1.58 bits per heavy atom. The fraction of sp³-hybridized carbons (Fsp3) is 0. The third-order valence-corrected chi connectivity index (χ3v) is 9.38. The Bertz CT molecular complexity index is 2750. The van der Waals surface area contributed by atoms with Gasteiger partial charge in [-0.05, 0) is 89.5 Å². The van der Waals surface area contributed by atoms with Crippen molar-refractivity contribution in [2.45, 2.75) is 0 Å². The van der Waals surface area contributed by atoms with Gasteiger partial charge in [-0.25, -0.2) is 0 Å². The van der Waals surface area contributed by atoms with Gasteiger partial charge < -0.3 is 9.13 Å². The van der Waals surface area contributed by atoms with Crippen molar-refractivity contribution in [2.75, 3.05) is 0 Å². The van der Waals surface area contributed by atoms with Crippen molar-refractivity contribution in [3.8, 4) is 45.8 Å². The topological polar surface area (TPSA) is 57.4 Å². The van der Waals surface area contributed by atoms with Crippen molar-refractivity contribution in [3.05, 3.63) is 169 Å². The average molecular weight is 611 g/mol. The minimum atomic E-state index is 0.623. The van der Waals surface area contributed by atoms with Crippen LogP contribution in [0.3, 0.4) is 0 Å². The van der Waals surface area contributed by atoms with Crippen LogP contribution in [0.15, 0.2) is 158 Å². The van der Waals surface area contributed by atoms with Gasteiger partial charge in [-0.15, -0.1) is 0 Å². The SMILES string of the molecule is N#Cc1ccc(-n2c3ccccc3c3ccccc32)c(-c2cccc(-c3ccc(-n4c5ccccc5c5cc(C#N)ccc54)cc3)c2)c1. The van der Waals surface area contributed by atoms with Crippen LogP contribution in [0.2, 0.25) is 0 Å². The molecule has 222 valence electrons. The Morgan fingerprint density at radius 1 is 0.375 bits per heavy atom. The molecule has 0 bridgehead atoms. The molecule has 4 nitrogen and oxygen atoms in total. The van der Waals surface area contributed by atoms with E-state index in [4.69, 9.17) is 0 Å². The van der Waals surface area contributed by atoms with Crippen LogP contribution < -0.4 is 0 Å². The molecule has 0 aliphatic carbocycles. The van der Waals surface area contributed by atoms with E-state index in [1.165, 1.54) is 10.8 Å². The maximum absolute atomic E-state index is 9.90. The summed E-state index contributed by atoms with van der Waals surface area (Å²) in [5, 5.41) is 24.0. The first-order chi connectivity index (χ1) is 23.7. The van der Waals surface area contributed by atoms with E-state index in [0.29, 0.717) is 11.1 Å². The molecule has 9 rings (SSSR count). The van der Waals surface area contributed by atoms with E-state index in [1.807, 2.05) is 36.4 Å². The molecule has 0 atom stereocenters. The molecule has 0 aliphatic rings. The van der Waals surface area contributed by atoms with Crippen LogP contribution >= 0.6 is 0 Å². The molecule has 7 aromatic carbocycles. The summed E-state index contributed by atoms with van der Waals surface area (Å²) in [4.78, 5) is 0. The second kappa shape index (κ2) is 10.9. The van der Waals surface area contributed by atoms with Crippen LogP contribution in [0.1, 0.15) is 11.1 Å². The predicted molar refractivity (Wildman–Crippen MR) is 195 cm³/mol. The van der Waals surface area contributed by atoms with E-state index in [1.54, 1.807) is 0 Å². The van der Waals surface area contributed by atoms with Crippen molar-refractivity contribution in [3.63, 3.8) is 0 Å². The molecule has 0 saturated carbocycles. The van der Waals surface area contributed by atoms with Crippen molar-refractivity contribution < 1.29 is 0 Å². The van der Waals surface area contributed by atoms with Gasteiger partial charge in [0.1, 0.15) is 0 Å². The summed E-state index contributed by atoms with van der Waals surface area (Å²) in [6.45, 7) is 0. The largest absolute Gasteiger partial charge is 0.309 e. The monoisotopic (exact) mass is 610 g/mol. The summed E-state index contributed by atoms with van der Waals surface area (Å²) in [5.41, 5.74) is 12.0. The lowest BCUT2D eigenvalue weighted by Gasteiger charge is -2.15. The van der Waals surface area contributed by atoms with Crippen LogP contribution in [0.5, 0.6) is 0 Å². The molecule has 0 aliphatic heterocycles. The molecular weight excluding hydrogens is 585 g/mol. The van der Waals surface area contributed by atoms with Gasteiger partial charge in [0.25, 0.3) is 0 Å². The summed E-state index contributed by atoms with van der Waals surface area (Å²) in [6, 6.07) is 59.0. The highest BCUT2D eigenvalue weighted by molar-refractivity contribution is 6.10. The normalized spacial score (nSPS) is 11.3. The Labute approximate surface area is 277 Å². The first-order valence-corrected chi connectivity index (χ1v) is 15.9. The lowest BCUT2D eigenvalue weighted by atomic mass is 9.96. The van der Waals surface area contributed by atoms with Gasteiger partial charge in [-0.3, -0.25) is 0 Å². The molecule has 0 spiro atoms. The minimum Gasteiger partial charge on any atom is -0.309 e. The summed E-state index contributed by atoms with van der Waals surface area (Å²) in [6.07, 6.45) is 0. The second-order valence-corrected chi connectivity index (χ2v) is 12.0. The van der Waals surface area contributed by atoms with Gasteiger partial charge in [0.05, 0.1) is 51.0 Å². The van der Waals surface area contributed by atoms with E-state index in [2.05, 4.69) is 143 Å². The molecule has 0 unspecified atom stereocenters. The Balaban J connectivity index is 1.17. The molecule has 0 radical (unpaired) electrons. The number of nitrogens with zero attached hydrogens (tertiary/aromatic N) is 4. The number of nitriles is 2. The molecule has 0 N–H and O–H groups in total. The zero-order chi connectivity index (χ0) is 32.2. The third-order valence-electron chi connectivity index (χ3n) is 9.38. The highest BCUT2D eigenvalue weighted by atomic mass is 15.0. The van der Waals surface area contributed by atoms with Gasteiger partial charge in [-0.2, -0.15) is 10.5 Å². The molecule has 2 aromatic heterocycles. The average Bonchev–Trinajstić information content (AvgIpc) is 3.67. The van der Waals surface area contributed by atoms with Gasteiger partial charge in [0.2, 0.25) is 0 Å². The summed E-state index contributed by atoms with van der Waals surface area (Å²) in [7, 11) is 0. The van der Waals surface area contributed by atoms with E-state index >= 15 is 0 Å². The van der Waals surface area contributed by atoms with E-state index < -0.39 is 0 Å². The van der Waals surface area contributed by atoms with Crippen LogP contribution in [-0.2, 0) is 0 Å². The standard InChI is InChI=1S/C44H26N4/c45-27-29-16-22-43(48-41-14-5-1-10-35(41)36-11-2-6-15-42(36)48)38(24-29)33-9-7-8-32(26-33)31-18-20-34(21-19-31)47-40-13-4-3-12-37(40)39-25-30(28-46)17-23-44(39)47/h1-26H. The highest BCUT2D eigenvalue weighted by Crippen LogP contribution is 2.38. The maximum atomic E-state index is 9.90.